The smallest absolute Gasteiger partial charge is 0.452 e. The molecule has 3 aliphatic rings. The normalized spacial score (nSPS) is 18.2. The van der Waals surface area contributed by atoms with Gasteiger partial charge in [0, 0.05) is 0 Å². The van der Waals surface area contributed by atoms with E-state index in [1.54, 1.807) is 0 Å². The van der Waals surface area contributed by atoms with Crippen LogP contribution in [0.1, 0.15) is 69.6 Å². The standard InChI is InChI=1S/C18H25O5P/c1-3-5-7-9-16(20-17-18-22-24(19,21-17)23-18)15-12-10-14(11-13-15)8-6-4-2/h10-13,16H,3-9H2,1-2H3. The number of phosphoric acid groups is 1. The first-order valence-electron chi connectivity index (χ1n) is 8.82. The van der Waals surface area contributed by atoms with E-state index in [0.29, 0.717) is 0 Å². The average molecular weight is 352 g/mol. The van der Waals surface area contributed by atoms with Crippen LogP contribution in [0.25, 0.3) is 0 Å². The van der Waals surface area contributed by atoms with Crippen molar-refractivity contribution in [1.29, 1.82) is 0 Å². The highest BCUT2D eigenvalue weighted by atomic mass is 31.2. The molecule has 5 nitrogen and oxygen atoms in total. The number of unbranched alkanes of at least 4 members (excludes halogenated alkanes) is 3. The number of fused-ring (bicyclic) bond motifs is 1. The van der Waals surface area contributed by atoms with Crippen LogP contribution in [0.4, 0.5) is 0 Å². The van der Waals surface area contributed by atoms with Crippen molar-refractivity contribution >= 4 is 7.82 Å². The summed E-state index contributed by atoms with van der Waals surface area (Å²) in [6.45, 7) is 4.37. The fraction of sp³-hybridized carbons (Fsp3) is 0.556. The van der Waals surface area contributed by atoms with Crippen molar-refractivity contribution in [2.75, 3.05) is 0 Å². The molecule has 1 unspecified atom stereocenters. The van der Waals surface area contributed by atoms with Crippen molar-refractivity contribution in [2.45, 2.75) is 64.9 Å². The Morgan fingerprint density at radius 2 is 1.71 bits per heavy atom. The number of hydrogen-bond acceptors (Lipinski definition) is 5. The van der Waals surface area contributed by atoms with Crippen molar-refractivity contribution in [2.24, 2.45) is 0 Å². The third-order valence-electron chi connectivity index (χ3n) is 4.24. The zero-order chi connectivity index (χ0) is 17.0. The molecule has 1 saturated heterocycles. The van der Waals surface area contributed by atoms with Gasteiger partial charge in [-0.05, 0) is 36.8 Å². The van der Waals surface area contributed by atoms with Crippen LogP contribution >= 0.6 is 7.82 Å². The molecule has 2 bridgehead atoms. The highest BCUT2D eigenvalue weighted by Crippen LogP contribution is 2.70. The van der Waals surface area contributed by atoms with Gasteiger partial charge in [0.2, 0.25) is 0 Å². The maximum absolute atomic E-state index is 11.6. The zero-order valence-electron chi connectivity index (χ0n) is 14.3. The number of phosphoric ester groups is 1. The molecular weight excluding hydrogens is 327 g/mol. The molecule has 4 rings (SSSR count). The van der Waals surface area contributed by atoms with Crippen molar-refractivity contribution < 1.29 is 22.9 Å². The molecule has 1 aromatic rings. The van der Waals surface area contributed by atoms with Gasteiger partial charge in [0.05, 0.1) is 0 Å². The number of ether oxygens (including phenoxy) is 1. The molecular formula is C18H25O5P. The summed E-state index contributed by atoms with van der Waals surface area (Å²) in [5.41, 5.74) is 2.43. The van der Waals surface area contributed by atoms with E-state index in [4.69, 9.17) is 18.3 Å². The average Bonchev–Trinajstić information content (AvgIpc) is 3.04. The summed E-state index contributed by atoms with van der Waals surface area (Å²) in [4.78, 5) is 0. The molecule has 0 saturated carbocycles. The Bertz CT molecular complexity index is 625. The fourth-order valence-electron chi connectivity index (χ4n) is 2.81. The minimum Gasteiger partial charge on any atom is -0.452 e. The van der Waals surface area contributed by atoms with E-state index in [0.717, 1.165) is 37.7 Å². The minimum atomic E-state index is -3.35. The molecule has 3 heterocycles. The molecule has 1 fully saturated rings. The Morgan fingerprint density at radius 3 is 2.29 bits per heavy atom. The quantitative estimate of drug-likeness (QED) is 0.383. The maximum Gasteiger partial charge on any atom is 0.654 e. The summed E-state index contributed by atoms with van der Waals surface area (Å²) in [6, 6.07) is 8.53. The lowest BCUT2D eigenvalue weighted by atomic mass is 10.00. The third-order valence-corrected chi connectivity index (χ3v) is 5.41. The van der Waals surface area contributed by atoms with Crippen LogP contribution in [0.3, 0.4) is 0 Å². The summed E-state index contributed by atoms with van der Waals surface area (Å²) in [6.07, 6.45) is 7.55. The van der Waals surface area contributed by atoms with Gasteiger partial charge in [0.1, 0.15) is 6.10 Å². The molecule has 6 heteroatoms. The minimum absolute atomic E-state index is 0.110. The van der Waals surface area contributed by atoms with Crippen LogP contribution in [0.5, 0.6) is 0 Å². The Balaban J connectivity index is 1.67. The molecule has 0 N–H and O–H groups in total. The van der Waals surface area contributed by atoms with E-state index in [1.165, 1.54) is 18.4 Å². The molecule has 0 amide bonds. The van der Waals surface area contributed by atoms with Crippen LogP contribution in [-0.4, -0.2) is 0 Å². The lowest BCUT2D eigenvalue weighted by molar-refractivity contribution is 0.0408. The van der Waals surface area contributed by atoms with Crippen LogP contribution < -0.4 is 0 Å². The molecule has 24 heavy (non-hydrogen) atoms. The third kappa shape index (κ3) is 3.89. The summed E-state index contributed by atoms with van der Waals surface area (Å²) >= 11 is 0. The Labute approximate surface area is 143 Å². The van der Waals surface area contributed by atoms with E-state index < -0.39 is 7.82 Å². The van der Waals surface area contributed by atoms with Crippen molar-refractivity contribution in [3.8, 4) is 0 Å². The van der Waals surface area contributed by atoms with E-state index in [1.807, 2.05) is 0 Å². The van der Waals surface area contributed by atoms with Crippen LogP contribution in [0.15, 0.2) is 36.2 Å². The van der Waals surface area contributed by atoms with E-state index >= 15 is 0 Å². The molecule has 0 spiro atoms. The largest absolute Gasteiger partial charge is 0.654 e. The molecule has 132 valence electrons. The van der Waals surface area contributed by atoms with Gasteiger partial charge in [-0.2, -0.15) is 4.57 Å². The SMILES string of the molecule is CCCCCC(OC1=C2OP(=O)(O1)O2)c1ccc(CCCC)cc1. The van der Waals surface area contributed by atoms with Gasteiger partial charge in [-0.15, -0.1) is 0 Å². The molecule has 0 radical (unpaired) electrons. The monoisotopic (exact) mass is 352 g/mol. The predicted octanol–water partition coefficient (Wildman–Crippen LogP) is 5.98. The molecule has 0 aromatic heterocycles. The first kappa shape index (κ1) is 17.2. The number of aryl methyl sites for hydroxylation is 1. The van der Waals surface area contributed by atoms with Gasteiger partial charge in [-0.25, -0.2) is 0 Å². The summed E-state index contributed by atoms with van der Waals surface area (Å²) < 4.78 is 32.6. The Hall–Kier alpha value is -1.61. The molecule has 3 aliphatic heterocycles. The summed E-state index contributed by atoms with van der Waals surface area (Å²) in [5.74, 6) is 0.230. The highest BCUT2D eigenvalue weighted by molar-refractivity contribution is 7.50. The zero-order valence-corrected chi connectivity index (χ0v) is 15.2. The number of hydrogen-bond donors (Lipinski definition) is 0. The van der Waals surface area contributed by atoms with Crippen molar-refractivity contribution in [3.63, 3.8) is 0 Å². The molecule has 1 aromatic carbocycles. The molecule has 1 atom stereocenters. The topological polar surface area (TPSA) is 54.0 Å². The van der Waals surface area contributed by atoms with E-state index in [2.05, 4.69) is 38.1 Å². The van der Waals surface area contributed by atoms with Gasteiger partial charge in [-0.1, -0.05) is 57.4 Å². The van der Waals surface area contributed by atoms with Crippen molar-refractivity contribution in [3.05, 3.63) is 47.3 Å². The second-order valence-corrected chi connectivity index (χ2v) is 7.69. The summed E-state index contributed by atoms with van der Waals surface area (Å²) in [7, 11) is -3.35. The second kappa shape index (κ2) is 7.52. The van der Waals surface area contributed by atoms with Gasteiger partial charge < -0.3 is 18.3 Å². The number of rotatable bonds is 10. The van der Waals surface area contributed by atoms with Gasteiger partial charge in [0.25, 0.3) is 0 Å². The van der Waals surface area contributed by atoms with Crippen LogP contribution in [-0.2, 0) is 29.3 Å². The fourth-order valence-corrected chi connectivity index (χ4v) is 3.78. The van der Waals surface area contributed by atoms with E-state index in [9.17, 15) is 4.57 Å². The summed E-state index contributed by atoms with van der Waals surface area (Å²) in [5, 5.41) is 0. The van der Waals surface area contributed by atoms with Crippen LogP contribution in [0, 0.1) is 0 Å². The van der Waals surface area contributed by atoms with Gasteiger partial charge in [-0.3, -0.25) is 0 Å². The van der Waals surface area contributed by atoms with Crippen LogP contribution in [0.2, 0.25) is 0 Å². The van der Waals surface area contributed by atoms with Gasteiger partial charge in [0.15, 0.2) is 0 Å². The Kier molecular flexibility index (Phi) is 5.40. The van der Waals surface area contributed by atoms with Crippen molar-refractivity contribution in [1.82, 2.24) is 0 Å². The molecule has 0 aliphatic carbocycles. The highest BCUT2D eigenvalue weighted by Gasteiger charge is 2.58. The number of benzene rings is 1. The lowest BCUT2D eigenvalue weighted by Gasteiger charge is -2.18. The first-order valence-corrected chi connectivity index (χ1v) is 10.3. The van der Waals surface area contributed by atoms with E-state index in [-0.39, 0.29) is 18.0 Å². The maximum atomic E-state index is 11.6. The Morgan fingerprint density at radius 1 is 1.00 bits per heavy atom. The van der Waals surface area contributed by atoms with Gasteiger partial charge >= 0.3 is 19.7 Å². The second-order valence-electron chi connectivity index (χ2n) is 6.24. The first-order chi connectivity index (χ1) is 11.6. The predicted molar refractivity (Wildman–Crippen MR) is 90.9 cm³/mol. The lowest BCUT2D eigenvalue weighted by Crippen LogP contribution is -2.06.